The fourth-order valence-corrected chi connectivity index (χ4v) is 1.68. The Morgan fingerprint density at radius 1 is 1.00 bits per heavy atom. The minimum Gasteiger partial charge on any atom is -0.503 e. The van der Waals surface area contributed by atoms with Crippen LogP contribution in [0.4, 0.5) is 18.9 Å². The summed E-state index contributed by atoms with van der Waals surface area (Å²) < 4.78 is 39.3. The average molecular weight is 267 g/mol. The number of aromatic hydroxyl groups is 1. The van der Waals surface area contributed by atoms with Crippen LogP contribution in [-0.2, 0) is 6.54 Å². The van der Waals surface area contributed by atoms with Gasteiger partial charge in [0.05, 0.1) is 0 Å². The molecule has 19 heavy (non-hydrogen) atoms. The van der Waals surface area contributed by atoms with E-state index in [4.69, 9.17) is 5.11 Å². The summed E-state index contributed by atoms with van der Waals surface area (Å²) in [7, 11) is 0. The molecule has 2 N–H and O–H groups in total. The van der Waals surface area contributed by atoms with Gasteiger partial charge in [-0.25, -0.2) is 13.2 Å². The lowest BCUT2D eigenvalue weighted by Crippen LogP contribution is -2.01. The smallest absolute Gasteiger partial charge is 0.187 e. The van der Waals surface area contributed by atoms with Crippen LogP contribution < -0.4 is 5.32 Å². The molecule has 0 spiro atoms. The van der Waals surface area contributed by atoms with Gasteiger partial charge in [0.2, 0.25) is 0 Å². The monoisotopic (exact) mass is 267 g/mol. The van der Waals surface area contributed by atoms with E-state index in [0.717, 1.165) is 12.1 Å². The minimum absolute atomic E-state index is 0.166. The minimum atomic E-state index is -1.01. The molecule has 0 radical (unpaired) electrons. The number of rotatable bonds is 3. The van der Waals surface area contributed by atoms with Gasteiger partial charge in [-0.2, -0.15) is 0 Å². The molecule has 0 saturated heterocycles. The highest BCUT2D eigenvalue weighted by atomic mass is 19.1. The number of halogens is 3. The van der Waals surface area contributed by atoms with Crippen LogP contribution in [-0.4, -0.2) is 5.11 Å². The zero-order valence-corrected chi connectivity index (χ0v) is 10.2. The SMILES string of the molecule is Cc1cc(NCc2cc(F)c(O)c(F)c2)ccc1F. The first-order chi connectivity index (χ1) is 8.97. The van der Waals surface area contributed by atoms with Crippen molar-refractivity contribution in [2.45, 2.75) is 13.5 Å². The highest BCUT2D eigenvalue weighted by molar-refractivity contribution is 5.46. The second-order valence-corrected chi connectivity index (χ2v) is 4.23. The van der Waals surface area contributed by atoms with Crippen molar-refractivity contribution in [3.63, 3.8) is 0 Å². The van der Waals surface area contributed by atoms with Crippen molar-refractivity contribution in [2.24, 2.45) is 0 Å². The third kappa shape index (κ3) is 2.99. The van der Waals surface area contributed by atoms with Crippen LogP contribution in [0.25, 0.3) is 0 Å². The predicted octanol–water partition coefficient (Wildman–Crippen LogP) is 3.73. The number of hydrogen-bond acceptors (Lipinski definition) is 2. The van der Waals surface area contributed by atoms with Gasteiger partial charge in [-0.3, -0.25) is 0 Å². The van der Waals surface area contributed by atoms with Gasteiger partial charge in [0.15, 0.2) is 17.4 Å². The first-order valence-corrected chi connectivity index (χ1v) is 5.64. The lowest BCUT2D eigenvalue weighted by atomic mass is 10.1. The molecule has 0 heterocycles. The summed E-state index contributed by atoms with van der Waals surface area (Å²) in [5, 5.41) is 11.9. The zero-order valence-electron chi connectivity index (χ0n) is 10.2. The van der Waals surface area contributed by atoms with Gasteiger partial charge in [-0.05, 0) is 48.4 Å². The van der Waals surface area contributed by atoms with E-state index >= 15 is 0 Å². The largest absolute Gasteiger partial charge is 0.503 e. The molecule has 0 aliphatic carbocycles. The Morgan fingerprint density at radius 2 is 1.63 bits per heavy atom. The van der Waals surface area contributed by atoms with E-state index in [1.165, 1.54) is 12.1 Å². The molecule has 100 valence electrons. The Hall–Kier alpha value is -2.17. The highest BCUT2D eigenvalue weighted by Gasteiger charge is 2.09. The molecule has 0 fully saturated rings. The Bertz CT molecular complexity index is 591. The summed E-state index contributed by atoms with van der Waals surface area (Å²) in [4.78, 5) is 0. The first-order valence-electron chi connectivity index (χ1n) is 5.64. The molecule has 5 heteroatoms. The summed E-state index contributed by atoms with van der Waals surface area (Å²) in [6, 6.07) is 6.54. The van der Waals surface area contributed by atoms with Crippen molar-refractivity contribution in [1.29, 1.82) is 0 Å². The van der Waals surface area contributed by atoms with Crippen molar-refractivity contribution in [3.8, 4) is 5.75 Å². The number of phenolic OH excluding ortho intramolecular Hbond substituents is 1. The summed E-state index contributed by atoms with van der Waals surface area (Å²) >= 11 is 0. The Labute approximate surface area is 108 Å². The zero-order chi connectivity index (χ0) is 14.0. The van der Waals surface area contributed by atoms with Gasteiger partial charge >= 0.3 is 0 Å². The van der Waals surface area contributed by atoms with Crippen molar-refractivity contribution >= 4 is 5.69 Å². The maximum atomic E-state index is 13.1. The molecule has 0 aliphatic heterocycles. The number of anilines is 1. The molecule has 2 rings (SSSR count). The van der Waals surface area contributed by atoms with Crippen molar-refractivity contribution in [3.05, 3.63) is 58.9 Å². The molecular formula is C14H12F3NO. The topological polar surface area (TPSA) is 32.3 Å². The summed E-state index contributed by atoms with van der Waals surface area (Å²) in [6.45, 7) is 1.79. The molecule has 2 aromatic rings. The van der Waals surface area contributed by atoms with Gasteiger partial charge in [0.1, 0.15) is 5.82 Å². The number of hydrogen-bond donors (Lipinski definition) is 2. The molecular weight excluding hydrogens is 255 g/mol. The Morgan fingerprint density at radius 3 is 2.21 bits per heavy atom. The maximum Gasteiger partial charge on any atom is 0.187 e. The Kier molecular flexibility index (Phi) is 3.64. The fourth-order valence-electron chi connectivity index (χ4n) is 1.68. The lowest BCUT2D eigenvalue weighted by molar-refractivity contribution is 0.395. The van der Waals surface area contributed by atoms with Crippen LogP contribution in [0.2, 0.25) is 0 Å². The molecule has 0 aromatic heterocycles. The molecule has 0 bridgehead atoms. The van der Waals surface area contributed by atoms with Crippen LogP contribution in [0.3, 0.4) is 0 Å². The molecule has 2 nitrogen and oxygen atoms in total. The number of phenols is 1. The maximum absolute atomic E-state index is 13.1. The average Bonchev–Trinajstić information content (AvgIpc) is 2.37. The van der Waals surface area contributed by atoms with Crippen molar-refractivity contribution in [1.82, 2.24) is 0 Å². The molecule has 0 amide bonds. The second-order valence-electron chi connectivity index (χ2n) is 4.23. The van der Waals surface area contributed by atoms with Crippen molar-refractivity contribution in [2.75, 3.05) is 5.32 Å². The Balaban J connectivity index is 2.12. The number of nitrogens with one attached hydrogen (secondary N) is 1. The summed E-state index contributed by atoms with van der Waals surface area (Å²) in [6.07, 6.45) is 0. The molecule has 0 aliphatic rings. The number of benzene rings is 2. The van der Waals surface area contributed by atoms with E-state index < -0.39 is 17.4 Å². The van der Waals surface area contributed by atoms with Gasteiger partial charge in [0, 0.05) is 12.2 Å². The second kappa shape index (κ2) is 5.22. The highest BCUT2D eigenvalue weighted by Crippen LogP contribution is 2.22. The fraction of sp³-hybridized carbons (Fsp3) is 0.143. The summed E-state index contributed by atoms with van der Waals surface area (Å²) in [5.74, 6) is -3.31. The number of aryl methyl sites for hydroxylation is 1. The van der Waals surface area contributed by atoms with Crippen LogP contribution in [0.15, 0.2) is 30.3 Å². The van der Waals surface area contributed by atoms with Crippen LogP contribution in [0, 0.1) is 24.4 Å². The predicted molar refractivity (Wildman–Crippen MR) is 66.5 cm³/mol. The standard InChI is InChI=1S/C14H12F3NO/c1-8-4-10(2-3-11(8)15)18-7-9-5-12(16)14(19)13(17)6-9/h2-6,18-19H,7H2,1H3. The van der Waals surface area contributed by atoms with E-state index in [-0.39, 0.29) is 12.4 Å². The van der Waals surface area contributed by atoms with Crippen LogP contribution in [0.5, 0.6) is 5.75 Å². The van der Waals surface area contributed by atoms with E-state index in [1.807, 2.05) is 0 Å². The van der Waals surface area contributed by atoms with Gasteiger partial charge in [-0.15, -0.1) is 0 Å². The third-order valence-corrected chi connectivity index (χ3v) is 2.73. The molecule has 0 atom stereocenters. The van der Waals surface area contributed by atoms with Crippen LogP contribution >= 0.6 is 0 Å². The van der Waals surface area contributed by atoms with Crippen LogP contribution in [0.1, 0.15) is 11.1 Å². The lowest BCUT2D eigenvalue weighted by Gasteiger charge is -2.09. The molecule has 2 aromatic carbocycles. The van der Waals surface area contributed by atoms with E-state index in [2.05, 4.69) is 5.32 Å². The van der Waals surface area contributed by atoms with E-state index in [0.29, 0.717) is 16.8 Å². The van der Waals surface area contributed by atoms with E-state index in [1.54, 1.807) is 13.0 Å². The van der Waals surface area contributed by atoms with Gasteiger partial charge < -0.3 is 10.4 Å². The van der Waals surface area contributed by atoms with E-state index in [9.17, 15) is 13.2 Å². The normalized spacial score (nSPS) is 10.5. The third-order valence-electron chi connectivity index (χ3n) is 2.73. The first kappa shape index (κ1) is 13.3. The van der Waals surface area contributed by atoms with Crippen molar-refractivity contribution < 1.29 is 18.3 Å². The molecule has 0 unspecified atom stereocenters. The molecule has 0 saturated carbocycles. The summed E-state index contributed by atoms with van der Waals surface area (Å²) in [5.41, 5.74) is 1.47. The quantitative estimate of drug-likeness (QED) is 0.888. The van der Waals surface area contributed by atoms with Gasteiger partial charge in [-0.1, -0.05) is 0 Å². The van der Waals surface area contributed by atoms with Gasteiger partial charge in [0.25, 0.3) is 0 Å².